The minimum atomic E-state index is -0.190. The molecule has 1 aromatic rings. The smallest absolute Gasteiger partial charge is 0.220 e. The van der Waals surface area contributed by atoms with Crippen LogP contribution in [0, 0.1) is 5.92 Å². The highest BCUT2D eigenvalue weighted by atomic mass is 35.5. The van der Waals surface area contributed by atoms with Gasteiger partial charge in [-0.25, -0.2) is 0 Å². The number of carbonyl (C=O) groups is 1. The zero-order valence-corrected chi connectivity index (χ0v) is 14.2. The normalized spacial score (nSPS) is 21.6. The van der Waals surface area contributed by atoms with Crippen LogP contribution in [-0.2, 0) is 11.2 Å². The zero-order valence-electron chi connectivity index (χ0n) is 12.7. The molecule has 0 bridgehead atoms. The van der Waals surface area contributed by atoms with Crippen molar-refractivity contribution in [1.82, 2.24) is 5.32 Å². The van der Waals surface area contributed by atoms with E-state index in [2.05, 4.69) is 5.32 Å². The van der Waals surface area contributed by atoms with Gasteiger partial charge in [-0.2, -0.15) is 0 Å². The van der Waals surface area contributed by atoms with E-state index in [0.29, 0.717) is 28.9 Å². The van der Waals surface area contributed by atoms with E-state index in [1.165, 1.54) is 0 Å². The fourth-order valence-corrected chi connectivity index (χ4v) is 3.26. The number of halogens is 2. The molecule has 2 unspecified atom stereocenters. The number of hydrogen-bond donors (Lipinski definition) is 2. The molecular weight excluding hydrogens is 321 g/mol. The van der Waals surface area contributed by atoms with Gasteiger partial charge in [0.1, 0.15) is 0 Å². The Morgan fingerprint density at radius 3 is 2.82 bits per heavy atom. The van der Waals surface area contributed by atoms with E-state index in [1.807, 2.05) is 12.1 Å². The van der Waals surface area contributed by atoms with Crippen LogP contribution in [0.4, 0.5) is 0 Å². The number of amides is 1. The van der Waals surface area contributed by atoms with Gasteiger partial charge in [-0.05, 0) is 55.7 Å². The molecule has 1 aliphatic carbocycles. The van der Waals surface area contributed by atoms with Crippen molar-refractivity contribution < 1.29 is 9.90 Å². The molecule has 0 saturated heterocycles. The van der Waals surface area contributed by atoms with Gasteiger partial charge >= 0.3 is 0 Å². The van der Waals surface area contributed by atoms with Crippen LogP contribution in [0.2, 0.25) is 10.0 Å². The predicted octanol–water partition coefficient (Wildman–Crippen LogP) is 3.98. The number of rotatable bonds is 6. The number of aliphatic hydroxyl groups is 1. The van der Waals surface area contributed by atoms with Gasteiger partial charge in [-0.15, -0.1) is 0 Å². The second-order valence-electron chi connectivity index (χ2n) is 6.09. The number of hydrogen-bond acceptors (Lipinski definition) is 2. The van der Waals surface area contributed by atoms with E-state index in [9.17, 15) is 9.90 Å². The maximum Gasteiger partial charge on any atom is 0.220 e. The highest BCUT2D eigenvalue weighted by Crippen LogP contribution is 2.24. The van der Waals surface area contributed by atoms with Crippen molar-refractivity contribution in [2.45, 2.75) is 51.0 Å². The van der Waals surface area contributed by atoms with E-state index in [4.69, 9.17) is 23.2 Å². The van der Waals surface area contributed by atoms with Crippen LogP contribution >= 0.6 is 23.2 Å². The lowest BCUT2D eigenvalue weighted by molar-refractivity contribution is -0.121. The molecule has 1 fully saturated rings. The van der Waals surface area contributed by atoms with Crippen molar-refractivity contribution in [3.05, 3.63) is 33.8 Å². The number of carbonyl (C=O) groups excluding carboxylic acids is 1. The fourth-order valence-electron chi connectivity index (χ4n) is 2.94. The van der Waals surface area contributed by atoms with Gasteiger partial charge < -0.3 is 10.4 Å². The Morgan fingerprint density at radius 2 is 2.09 bits per heavy atom. The summed E-state index contributed by atoms with van der Waals surface area (Å²) in [5.74, 6) is 0.503. The minimum absolute atomic E-state index is 0.0834. The van der Waals surface area contributed by atoms with Crippen LogP contribution in [0.3, 0.4) is 0 Å². The van der Waals surface area contributed by atoms with Crippen LogP contribution in [-0.4, -0.2) is 23.7 Å². The Hall–Kier alpha value is -0.770. The number of aliphatic hydroxyl groups excluding tert-OH is 1. The van der Waals surface area contributed by atoms with Gasteiger partial charge in [0.05, 0.1) is 16.1 Å². The van der Waals surface area contributed by atoms with E-state index < -0.39 is 0 Å². The third-order valence-electron chi connectivity index (χ3n) is 4.20. The Balaban J connectivity index is 1.64. The van der Waals surface area contributed by atoms with Crippen molar-refractivity contribution in [3.63, 3.8) is 0 Å². The quantitative estimate of drug-likeness (QED) is 0.820. The molecule has 122 valence electrons. The van der Waals surface area contributed by atoms with Crippen LogP contribution in [0.15, 0.2) is 18.2 Å². The highest BCUT2D eigenvalue weighted by molar-refractivity contribution is 6.42. The van der Waals surface area contributed by atoms with Crippen molar-refractivity contribution in [2.24, 2.45) is 5.92 Å². The highest BCUT2D eigenvalue weighted by Gasteiger charge is 2.20. The summed E-state index contributed by atoms with van der Waals surface area (Å²) in [5, 5.41) is 13.7. The van der Waals surface area contributed by atoms with Crippen molar-refractivity contribution in [2.75, 3.05) is 6.54 Å². The Morgan fingerprint density at radius 1 is 1.27 bits per heavy atom. The van der Waals surface area contributed by atoms with Crippen molar-refractivity contribution in [1.29, 1.82) is 0 Å². The maximum atomic E-state index is 11.9. The second kappa shape index (κ2) is 8.76. The van der Waals surface area contributed by atoms with E-state index in [1.54, 1.807) is 6.07 Å². The van der Waals surface area contributed by atoms with Crippen molar-refractivity contribution >= 4 is 29.1 Å². The maximum absolute atomic E-state index is 11.9. The van der Waals surface area contributed by atoms with E-state index >= 15 is 0 Å². The van der Waals surface area contributed by atoms with Crippen LogP contribution in [0.25, 0.3) is 0 Å². The molecule has 2 rings (SSSR count). The van der Waals surface area contributed by atoms with Gasteiger partial charge in [0.25, 0.3) is 0 Å². The van der Waals surface area contributed by atoms with Gasteiger partial charge in [-0.1, -0.05) is 35.7 Å². The fraction of sp³-hybridized carbons (Fsp3) is 0.588. The largest absolute Gasteiger partial charge is 0.393 e. The van der Waals surface area contributed by atoms with Crippen LogP contribution in [0.5, 0.6) is 0 Å². The molecule has 22 heavy (non-hydrogen) atoms. The number of nitrogens with one attached hydrogen (secondary N) is 1. The van der Waals surface area contributed by atoms with Gasteiger partial charge in [0.15, 0.2) is 0 Å². The Bertz CT molecular complexity index is 507. The SMILES string of the molecule is O=C(CCCc1ccc(Cl)c(Cl)c1)NCC1CCCC(O)C1. The lowest BCUT2D eigenvalue weighted by Crippen LogP contribution is -2.32. The summed E-state index contributed by atoms with van der Waals surface area (Å²) in [6.07, 6.45) is 5.78. The molecule has 3 nitrogen and oxygen atoms in total. The molecule has 1 saturated carbocycles. The Labute approximate surface area is 142 Å². The summed E-state index contributed by atoms with van der Waals surface area (Å²) in [7, 11) is 0. The molecule has 1 amide bonds. The molecule has 2 N–H and O–H groups in total. The standard InChI is InChI=1S/C17H23Cl2NO2/c18-15-8-7-12(10-16(15)19)3-2-6-17(22)20-11-13-4-1-5-14(21)9-13/h7-8,10,13-14,21H,1-6,9,11H2,(H,20,22). The molecule has 0 aliphatic heterocycles. The first kappa shape index (κ1) is 17.6. The molecular formula is C17H23Cl2NO2. The average Bonchev–Trinajstić information content (AvgIpc) is 2.49. The molecule has 1 aromatic carbocycles. The third-order valence-corrected chi connectivity index (χ3v) is 4.94. The molecule has 0 radical (unpaired) electrons. The topological polar surface area (TPSA) is 49.3 Å². The molecule has 0 heterocycles. The first-order valence-electron chi connectivity index (χ1n) is 7.93. The molecule has 2 atom stereocenters. The van der Waals surface area contributed by atoms with E-state index in [0.717, 1.165) is 44.1 Å². The lowest BCUT2D eigenvalue weighted by Gasteiger charge is -2.25. The first-order valence-corrected chi connectivity index (χ1v) is 8.69. The summed E-state index contributed by atoms with van der Waals surface area (Å²) in [5.41, 5.74) is 1.10. The molecule has 0 spiro atoms. The molecule has 1 aliphatic rings. The van der Waals surface area contributed by atoms with Crippen LogP contribution in [0.1, 0.15) is 44.1 Å². The second-order valence-corrected chi connectivity index (χ2v) is 6.91. The van der Waals surface area contributed by atoms with Crippen molar-refractivity contribution in [3.8, 4) is 0 Å². The first-order chi connectivity index (χ1) is 10.5. The summed E-state index contributed by atoms with van der Waals surface area (Å²) in [6.45, 7) is 0.683. The minimum Gasteiger partial charge on any atom is -0.393 e. The third kappa shape index (κ3) is 5.79. The average molecular weight is 344 g/mol. The molecule has 5 heteroatoms. The van der Waals surface area contributed by atoms with Crippen LogP contribution < -0.4 is 5.32 Å². The van der Waals surface area contributed by atoms with Gasteiger partial charge in [0.2, 0.25) is 5.91 Å². The number of benzene rings is 1. The molecule has 0 aromatic heterocycles. The predicted molar refractivity (Wildman–Crippen MR) is 90.4 cm³/mol. The lowest BCUT2D eigenvalue weighted by atomic mass is 9.87. The summed E-state index contributed by atoms with van der Waals surface area (Å²) >= 11 is 11.8. The summed E-state index contributed by atoms with van der Waals surface area (Å²) in [6, 6.07) is 5.58. The van der Waals surface area contributed by atoms with Gasteiger partial charge in [0, 0.05) is 13.0 Å². The van der Waals surface area contributed by atoms with Gasteiger partial charge in [-0.3, -0.25) is 4.79 Å². The van der Waals surface area contributed by atoms with E-state index in [-0.39, 0.29) is 12.0 Å². The summed E-state index contributed by atoms with van der Waals surface area (Å²) < 4.78 is 0. The Kier molecular flexibility index (Phi) is 7.00. The number of aryl methyl sites for hydroxylation is 1. The zero-order chi connectivity index (χ0) is 15.9. The monoisotopic (exact) mass is 343 g/mol. The summed E-state index contributed by atoms with van der Waals surface area (Å²) in [4.78, 5) is 11.9.